The summed E-state index contributed by atoms with van der Waals surface area (Å²) >= 11 is 0. The number of benzene rings is 1. The second kappa shape index (κ2) is 3.03. The number of hydrogen-bond acceptors (Lipinski definition) is 3. The number of hydrogen-bond donors (Lipinski definition) is 1. The summed E-state index contributed by atoms with van der Waals surface area (Å²) in [4.78, 5) is 4.10. The van der Waals surface area contributed by atoms with Gasteiger partial charge in [-0.05, 0) is 12.1 Å². The molecule has 0 fully saturated rings. The molecule has 1 aromatic heterocycles. The van der Waals surface area contributed by atoms with Crippen LogP contribution in [0.3, 0.4) is 0 Å². The van der Waals surface area contributed by atoms with Crippen molar-refractivity contribution in [3.63, 3.8) is 0 Å². The van der Waals surface area contributed by atoms with Gasteiger partial charge in [-0.25, -0.2) is 4.98 Å². The molecule has 0 amide bonds. The van der Waals surface area contributed by atoms with Gasteiger partial charge in [0.25, 0.3) is 0 Å². The maximum atomic E-state index is 9.36. The number of oxazole rings is 1. The molecule has 0 bridgehead atoms. The third-order valence-corrected chi connectivity index (χ3v) is 1.79. The first-order chi connectivity index (χ1) is 6.31. The number of rotatable bonds is 2. The average Bonchev–Trinajstić information content (AvgIpc) is 2.59. The third-order valence-electron chi connectivity index (χ3n) is 1.79. The molecule has 66 valence electrons. The van der Waals surface area contributed by atoms with Crippen molar-refractivity contribution in [2.24, 2.45) is 0 Å². The van der Waals surface area contributed by atoms with Crippen LogP contribution >= 0.6 is 0 Å². The average molecular weight is 175 g/mol. The lowest BCUT2D eigenvalue weighted by molar-refractivity contribution is 0.193. The smallest absolute Gasteiger partial charge is 0.228 e. The van der Waals surface area contributed by atoms with E-state index in [1.165, 1.54) is 6.08 Å². The molecular weight excluding hydrogens is 166 g/mol. The SMILES string of the molecule is C=CC(O)c1nc2ccccc2o1. The first-order valence-electron chi connectivity index (χ1n) is 3.97. The minimum atomic E-state index is -0.826. The molecule has 3 nitrogen and oxygen atoms in total. The zero-order chi connectivity index (χ0) is 9.26. The van der Waals surface area contributed by atoms with Crippen molar-refractivity contribution in [3.05, 3.63) is 42.8 Å². The number of aromatic nitrogens is 1. The highest BCUT2D eigenvalue weighted by atomic mass is 16.4. The first-order valence-corrected chi connectivity index (χ1v) is 3.97. The van der Waals surface area contributed by atoms with Crippen LogP contribution in [0.1, 0.15) is 12.0 Å². The second-order valence-electron chi connectivity index (χ2n) is 2.70. The van der Waals surface area contributed by atoms with Gasteiger partial charge in [-0.3, -0.25) is 0 Å². The molecule has 0 aliphatic carbocycles. The standard InChI is InChI=1S/C10H9NO2/c1-2-8(12)10-11-7-5-3-4-6-9(7)13-10/h2-6,8,12H,1H2. The van der Waals surface area contributed by atoms with Crippen LogP contribution in [-0.4, -0.2) is 10.1 Å². The Morgan fingerprint density at radius 3 is 2.92 bits per heavy atom. The second-order valence-corrected chi connectivity index (χ2v) is 2.70. The molecule has 0 aliphatic heterocycles. The van der Waals surface area contributed by atoms with E-state index >= 15 is 0 Å². The van der Waals surface area contributed by atoms with E-state index < -0.39 is 6.10 Å². The van der Waals surface area contributed by atoms with Crippen molar-refractivity contribution in [1.29, 1.82) is 0 Å². The minimum absolute atomic E-state index is 0.288. The van der Waals surface area contributed by atoms with Crippen molar-refractivity contribution in [2.75, 3.05) is 0 Å². The third kappa shape index (κ3) is 1.34. The lowest BCUT2D eigenvalue weighted by Crippen LogP contribution is -1.91. The highest BCUT2D eigenvalue weighted by molar-refractivity contribution is 5.72. The van der Waals surface area contributed by atoms with Gasteiger partial charge in [0.05, 0.1) is 0 Å². The Balaban J connectivity index is 2.55. The van der Waals surface area contributed by atoms with Crippen molar-refractivity contribution in [2.45, 2.75) is 6.10 Å². The van der Waals surface area contributed by atoms with Crippen molar-refractivity contribution < 1.29 is 9.52 Å². The van der Waals surface area contributed by atoms with Crippen LogP contribution in [0.15, 0.2) is 41.3 Å². The number of nitrogens with zero attached hydrogens (tertiary/aromatic N) is 1. The number of fused-ring (bicyclic) bond motifs is 1. The zero-order valence-corrected chi connectivity index (χ0v) is 6.97. The molecule has 1 aromatic carbocycles. The monoisotopic (exact) mass is 175 g/mol. The molecule has 0 saturated carbocycles. The van der Waals surface area contributed by atoms with Gasteiger partial charge in [0, 0.05) is 0 Å². The molecule has 13 heavy (non-hydrogen) atoms. The Morgan fingerprint density at radius 1 is 1.46 bits per heavy atom. The quantitative estimate of drug-likeness (QED) is 0.710. The molecule has 1 atom stereocenters. The van der Waals surface area contributed by atoms with E-state index in [-0.39, 0.29) is 5.89 Å². The predicted octanol–water partition coefficient (Wildman–Crippen LogP) is 2.05. The van der Waals surface area contributed by atoms with Crippen molar-refractivity contribution >= 4 is 11.1 Å². The molecule has 3 heteroatoms. The summed E-state index contributed by atoms with van der Waals surface area (Å²) in [5.74, 6) is 0.288. The van der Waals surface area contributed by atoms with Crippen LogP contribution < -0.4 is 0 Å². The van der Waals surface area contributed by atoms with Gasteiger partial charge in [0.1, 0.15) is 11.6 Å². The lowest BCUT2D eigenvalue weighted by atomic mass is 10.3. The Labute approximate surface area is 75.3 Å². The van der Waals surface area contributed by atoms with Crippen molar-refractivity contribution in [3.8, 4) is 0 Å². The van der Waals surface area contributed by atoms with Crippen LogP contribution in [0.4, 0.5) is 0 Å². The molecule has 1 unspecified atom stereocenters. The molecule has 1 N–H and O–H groups in total. The largest absolute Gasteiger partial charge is 0.437 e. The van der Waals surface area contributed by atoms with Crippen LogP contribution in [0.2, 0.25) is 0 Å². The predicted molar refractivity (Wildman–Crippen MR) is 49.2 cm³/mol. The summed E-state index contributed by atoms with van der Waals surface area (Å²) in [5, 5.41) is 9.36. The molecule has 0 radical (unpaired) electrons. The molecule has 2 aromatic rings. The minimum Gasteiger partial charge on any atom is -0.437 e. The van der Waals surface area contributed by atoms with Gasteiger partial charge >= 0.3 is 0 Å². The molecule has 1 heterocycles. The summed E-state index contributed by atoms with van der Waals surface area (Å²) in [6.07, 6.45) is 0.553. The van der Waals surface area contributed by atoms with E-state index in [4.69, 9.17) is 4.42 Å². The summed E-state index contributed by atoms with van der Waals surface area (Å²) in [7, 11) is 0. The summed E-state index contributed by atoms with van der Waals surface area (Å²) in [6, 6.07) is 7.37. The van der Waals surface area contributed by atoms with Crippen LogP contribution in [0.25, 0.3) is 11.1 Å². The highest BCUT2D eigenvalue weighted by Gasteiger charge is 2.10. The van der Waals surface area contributed by atoms with E-state index in [1.54, 1.807) is 0 Å². The maximum absolute atomic E-state index is 9.36. The van der Waals surface area contributed by atoms with Gasteiger partial charge in [0.15, 0.2) is 5.58 Å². The first kappa shape index (κ1) is 8.01. The van der Waals surface area contributed by atoms with Crippen LogP contribution in [0, 0.1) is 0 Å². The maximum Gasteiger partial charge on any atom is 0.228 e. The van der Waals surface area contributed by atoms with Gasteiger partial charge in [-0.1, -0.05) is 24.8 Å². The van der Waals surface area contributed by atoms with Gasteiger partial charge in [-0.15, -0.1) is 0 Å². The zero-order valence-electron chi connectivity index (χ0n) is 6.97. The molecule has 0 saturated heterocycles. The Bertz CT molecular complexity index is 400. The molecule has 2 rings (SSSR count). The van der Waals surface area contributed by atoms with E-state index in [2.05, 4.69) is 11.6 Å². The number of para-hydroxylation sites is 2. The topological polar surface area (TPSA) is 46.3 Å². The van der Waals surface area contributed by atoms with Gasteiger partial charge in [0.2, 0.25) is 5.89 Å². The van der Waals surface area contributed by atoms with E-state index in [9.17, 15) is 5.11 Å². The van der Waals surface area contributed by atoms with Gasteiger partial charge in [-0.2, -0.15) is 0 Å². The van der Waals surface area contributed by atoms with Crippen molar-refractivity contribution in [1.82, 2.24) is 4.98 Å². The fraction of sp³-hybridized carbons (Fsp3) is 0.100. The normalized spacial score (nSPS) is 13.0. The van der Waals surface area contributed by atoms with Crippen LogP contribution in [-0.2, 0) is 0 Å². The Hall–Kier alpha value is -1.61. The molecule has 0 spiro atoms. The number of aliphatic hydroxyl groups is 1. The van der Waals surface area contributed by atoms with Crippen LogP contribution in [0.5, 0.6) is 0 Å². The molecular formula is C10H9NO2. The number of aliphatic hydroxyl groups excluding tert-OH is 1. The highest BCUT2D eigenvalue weighted by Crippen LogP contribution is 2.19. The Morgan fingerprint density at radius 2 is 2.23 bits per heavy atom. The fourth-order valence-corrected chi connectivity index (χ4v) is 1.12. The summed E-state index contributed by atoms with van der Waals surface area (Å²) in [6.45, 7) is 3.46. The fourth-order valence-electron chi connectivity index (χ4n) is 1.12. The lowest BCUT2D eigenvalue weighted by Gasteiger charge is -1.95. The van der Waals surface area contributed by atoms with E-state index in [1.807, 2.05) is 24.3 Å². The summed E-state index contributed by atoms with van der Waals surface area (Å²) in [5.41, 5.74) is 1.43. The van der Waals surface area contributed by atoms with E-state index in [0.717, 1.165) is 5.52 Å². The van der Waals surface area contributed by atoms with Gasteiger partial charge < -0.3 is 9.52 Å². The molecule has 0 aliphatic rings. The van der Waals surface area contributed by atoms with E-state index in [0.29, 0.717) is 5.58 Å². The Kier molecular flexibility index (Phi) is 1.87. The summed E-state index contributed by atoms with van der Waals surface area (Å²) < 4.78 is 5.29.